The third kappa shape index (κ3) is 8.51. The van der Waals surface area contributed by atoms with E-state index in [-0.39, 0.29) is 29.8 Å². The van der Waals surface area contributed by atoms with Gasteiger partial charge < -0.3 is 20.4 Å². The van der Waals surface area contributed by atoms with Gasteiger partial charge in [-0.25, -0.2) is 9.97 Å². The van der Waals surface area contributed by atoms with E-state index in [0.717, 1.165) is 93.2 Å². The largest absolute Gasteiger partial charge is 0.353 e. The molecule has 2 atom stereocenters. The number of hydrogen-bond donors (Lipinski definition) is 2. The van der Waals surface area contributed by atoms with Gasteiger partial charge in [-0.2, -0.15) is 0 Å². The average Bonchev–Trinajstić information content (AvgIpc) is 3.46. The Morgan fingerprint density at radius 2 is 1.80 bits per heavy atom. The number of halogens is 1. The van der Waals surface area contributed by atoms with E-state index in [1.165, 1.54) is 0 Å². The molecule has 0 spiro atoms. The molecule has 9 heteroatoms. The van der Waals surface area contributed by atoms with Crippen molar-refractivity contribution in [3.05, 3.63) is 46.2 Å². The van der Waals surface area contributed by atoms with E-state index in [1.807, 2.05) is 36.2 Å². The van der Waals surface area contributed by atoms with E-state index >= 15 is 0 Å². The van der Waals surface area contributed by atoms with Crippen LogP contribution in [0.2, 0.25) is 0 Å². The zero-order chi connectivity index (χ0) is 29.4. The Hall–Kier alpha value is -2.52. The smallest absolute Gasteiger partial charge is 0.253 e. The van der Waals surface area contributed by atoms with Crippen molar-refractivity contribution in [1.29, 1.82) is 0 Å². The number of aromatic nitrogens is 2. The minimum absolute atomic E-state index is 0.0609. The number of amides is 2. The van der Waals surface area contributed by atoms with Crippen molar-refractivity contribution in [1.82, 2.24) is 25.1 Å². The van der Waals surface area contributed by atoms with Crippen LogP contribution in [0.4, 0.5) is 11.6 Å². The number of aryl methyl sites for hydroxylation is 1. The highest BCUT2D eigenvalue weighted by molar-refractivity contribution is 9.10. The summed E-state index contributed by atoms with van der Waals surface area (Å²) in [6.07, 6.45) is 11.9. The molecule has 2 N–H and O–H groups in total. The van der Waals surface area contributed by atoms with Crippen LogP contribution in [0.5, 0.6) is 0 Å². The van der Waals surface area contributed by atoms with Crippen molar-refractivity contribution < 1.29 is 9.59 Å². The lowest BCUT2D eigenvalue weighted by molar-refractivity contribution is -0.126. The van der Waals surface area contributed by atoms with Gasteiger partial charge in [-0.3, -0.25) is 9.59 Å². The fourth-order valence-corrected chi connectivity index (χ4v) is 6.66. The van der Waals surface area contributed by atoms with Gasteiger partial charge in [0.2, 0.25) is 11.9 Å². The molecule has 1 aromatic carbocycles. The number of benzene rings is 1. The fraction of sp³-hybridized carbons (Fsp3) is 0.625. The third-order valence-corrected chi connectivity index (χ3v) is 9.74. The molecule has 2 aromatic rings. The zero-order valence-corrected chi connectivity index (χ0v) is 26.8. The summed E-state index contributed by atoms with van der Waals surface area (Å²) < 4.78 is 0.899. The van der Waals surface area contributed by atoms with Crippen molar-refractivity contribution in [2.75, 3.05) is 32.5 Å². The molecule has 1 aromatic heterocycles. The SMILES string of the molecule is CCC(CC)NC(=O)C1CCCC1CCCc1nc(Nc2ccc(C(=O)N(C)C3CCN(C)CC3)cc2)ncc1Br. The standard InChI is InChI=1S/C32H47BrN6O2/c1-5-24(6-2)35-30(40)27-11-7-9-22(27)10-8-12-29-28(33)21-34-32(37-29)36-25-15-13-23(14-16-25)31(41)39(4)26-17-19-38(3)20-18-26/h13-16,21-22,24,26-27H,5-12,17-20H2,1-4H3,(H,35,40)(H,34,36,37). The predicted octanol–water partition coefficient (Wildman–Crippen LogP) is 6.19. The van der Waals surface area contributed by atoms with E-state index in [0.29, 0.717) is 17.4 Å². The minimum Gasteiger partial charge on any atom is -0.353 e. The number of nitrogens with zero attached hydrogens (tertiary/aromatic N) is 4. The molecular weight excluding hydrogens is 580 g/mol. The first kappa shape index (κ1) is 31.4. The molecule has 41 heavy (non-hydrogen) atoms. The Morgan fingerprint density at radius 1 is 1.10 bits per heavy atom. The molecule has 1 saturated carbocycles. The van der Waals surface area contributed by atoms with Crippen LogP contribution in [0.15, 0.2) is 34.9 Å². The summed E-state index contributed by atoms with van der Waals surface area (Å²) >= 11 is 3.62. The number of carbonyl (C=O) groups is 2. The summed E-state index contributed by atoms with van der Waals surface area (Å²) in [6.45, 7) is 6.32. The molecule has 1 saturated heterocycles. The summed E-state index contributed by atoms with van der Waals surface area (Å²) in [5, 5.41) is 6.56. The first-order chi connectivity index (χ1) is 19.8. The highest BCUT2D eigenvalue weighted by Gasteiger charge is 2.33. The monoisotopic (exact) mass is 626 g/mol. The molecule has 224 valence electrons. The molecule has 2 aliphatic rings. The fourth-order valence-electron chi connectivity index (χ4n) is 6.28. The number of carbonyl (C=O) groups excluding carboxylic acids is 2. The Labute approximate surface area is 254 Å². The predicted molar refractivity (Wildman–Crippen MR) is 168 cm³/mol. The van der Waals surface area contributed by atoms with E-state index < -0.39 is 0 Å². The van der Waals surface area contributed by atoms with E-state index in [4.69, 9.17) is 4.98 Å². The maximum Gasteiger partial charge on any atom is 0.253 e. The van der Waals surface area contributed by atoms with Crippen molar-refractivity contribution in [2.45, 2.75) is 90.1 Å². The lowest BCUT2D eigenvalue weighted by atomic mass is 9.89. The summed E-state index contributed by atoms with van der Waals surface area (Å²) in [7, 11) is 4.04. The molecule has 8 nitrogen and oxygen atoms in total. The van der Waals surface area contributed by atoms with Crippen LogP contribution in [-0.4, -0.2) is 70.9 Å². The van der Waals surface area contributed by atoms with Crippen molar-refractivity contribution in [3.8, 4) is 0 Å². The van der Waals surface area contributed by atoms with Gasteiger partial charge in [0.15, 0.2) is 0 Å². The zero-order valence-electron chi connectivity index (χ0n) is 25.2. The molecule has 2 unspecified atom stereocenters. The summed E-state index contributed by atoms with van der Waals surface area (Å²) in [6, 6.07) is 8.13. The molecule has 2 fully saturated rings. The lowest BCUT2D eigenvalue weighted by Crippen LogP contribution is -2.44. The van der Waals surface area contributed by atoms with E-state index in [1.54, 1.807) is 6.20 Å². The van der Waals surface area contributed by atoms with Gasteiger partial charge in [0.25, 0.3) is 5.91 Å². The van der Waals surface area contributed by atoms with Crippen molar-refractivity contribution in [3.63, 3.8) is 0 Å². The van der Waals surface area contributed by atoms with Crippen LogP contribution >= 0.6 is 15.9 Å². The van der Waals surface area contributed by atoms with Gasteiger partial charge in [0, 0.05) is 42.5 Å². The van der Waals surface area contributed by atoms with Crippen LogP contribution in [0.3, 0.4) is 0 Å². The van der Waals surface area contributed by atoms with Gasteiger partial charge >= 0.3 is 0 Å². The quantitative estimate of drug-likeness (QED) is 0.292. The van der Waals surface area contributed by atoms with Crippen molar-refractivity contribution in [2.24, 2.45) is 11.8 Å². The summed E-state index contributed by atoms with van der Waals surface area (Å²) in [5.74, 6) is 1.43. The maximum absolute atomic E-state index is 13.0. The van der Waals surface area contributed by atoms with Crippen LogP contribution in [0, 0.1) is 11.8 Å². The van der Waals surface area contributed by atoms with Gasteiger partial charge in [-0.1, -0.05) is 20.3 Å². The van der Waals surface area contributed by atoms with E-state index in [9.17, 15) is 9.59 Å². The Morgan fingerprint density at radius 3 is 2.49 bits per heavy atom. The first-order valence-corrected chi connectivity index (χ1v) is 16.2. The number of anilines is 2. The first-order valence-electron chi connectivity index (χ1n) is 15.4. The summed E-state index contributed by atoms with van der Waals surface area (Å²) in [4.78, 5) is 39.4. The molecule has 2 heterocycles. The minimum atomic E-state index is 0.0609. The second-order valence-corrected chi connectivity index (χ2v) is 12.7. The highest BCUT2D eigenvalue weighted by atomic mass is 79.9. The van der Waals surface area contributed by atoms with Gasteiger partial charge in [0.05, 0.1) is 10.2 Å². The molecule has 1 aliphatic carbocycles. The number of likely N-dealkylation sites (tertiary alicyclic amines) is 1. The maximum atomic E-state index is 13.0. The number of rotatable bonds is 12. The highest BCUT2D eigenvalue weighted by Crippen LogP contribution is 2.36. The molecule has 0 bridgehead atoms. The van der Waals surface area contributed by atoms with Gasteiger partial charge in [-0.05, 0) is 124 Å². The van der Waals surface area contributed by atoms with E-state index in [2.05, 4.69) is 57.3 Å². The molecule has 4 rings (SSSR count). The molecule has 2 amide bonds. The van der Waals surface area contributed by atoms with Crippen LogP contribution in [0.1, 0.15) is 87.7 Å². The third-order valence-electron chi connectivity index (χ3n) is 9.08. The number of hydrogen-bond acceptors (Lipinski definition) is 6. The number of piperidine rings is 1. The molecule has 0 radical (unpaired) electrons. The van der Waals surface area contributed by atoms with Crippen LogP contribution in [0.25, 0.3) is 0 Å². The molecule has 1 aliphatic heterocycles. The van der Waals surface area contributed by atoms with Gasteiger partial charge in [0.1, 0.15) is 0 Å². The summed E-state index contributed by atoms with van der Waals surface area (Å²) in [5.41, 5.74) is 2.49. The van der Waals surface area contributed by atoms with Crippen molar-refractivity contribution >= 4 is 39.4 Å². The lowest BCUT2D eigenvalue weighted by Gasteiger charge is -2.35. The topological polar surface area (TPSA) is 90.5 Å². The Bertz CT molecular complexity index is 1150. The Kier molecular flexibility index (Phi) is 11.6. The van der Waals surface area contributed by atoms with Gasteiger partial charge in [-0.15, -0.1) is 0 Å². The average molecular weight is 628 g/mol. The van der Waals surface area contributed by atoms with Crippen LogP contribution in [-0.2, 0) is 11.2 Å². The molecular formula is C32H47BrN6O2. The Balaban J connectivity index is 1.29. The number of nitrogens with one attached hydrogen (secondary N) is 2. The second-order valence-electron chi connectivity index (χ2n) is 11.9. The second kappa shape index (κ2) is 15.1. The normalized spacial score (nSPS) is 19.9. The van der Waals surface area contributed by atoms with Crippen LogP contribution < -0.4 is 10.6 Å².